The van der Waals surface area contributed by atoms with Crippen molar-refractivity contribution >= 4 is 39.1 Å². The van der Waals surface area contributed by atoms with E-state index in [1.807, 2.05) is 44.2 Å². The minimum absolute atomic E-state index is 0.0259. The molecule has 9 nitrogen and oxygen atoms in total. The van der Waals surface area contributed by atoms with Crippen LogP contribution in [0.15, 0.2) is 72.8 Å². The van der Waals surface area contributed by atoms with Crippen molar-refractivity contribution in [3.05, 3.63) is 88.9 Å². The van der Waals surface area contributed by atoms with E-state index >= 15 is 0 Å². The van der Waals surface area contributed by atoms with Crippen LogP contribution in [0.2, 0.25) is 5.02 Å². The maximum Gasteiger partial charge on any atom is 0.244 e. The number of nitrogens with one attached hydrogen (secondary N) is 1. The Hall–Kier alpha value is -3.76. The summed E-state index contributed by atoms with van der Waals surface area (Å²) in [6, 6.07) is 20.2. The van der Waals surface area contributed by atoms with Crippen LogP contribution in [0, 0.1) is 5.92 Å². The van der Waals surface area contributed by atoms with E-state index in [0.29, 0.717) is 23.1 Å². The largest absolute Gasteiger partial charge is 0.454 e. The quantitative estimate of drug-likeness (QED) is 0.334. The third kappa shape index (κ3) is 8.14. The Bertz CT molecular complexity index is 1470. The standard InChI is InChI=1S/C30H34ClN3O6S/c1-21(2)17-32-30(36)26(15-22-7-5-4-6-8-22)33(18-23-9-11-24(31)12-10-23)29(35)19-34(41(3,37)38)25-13-14-27-28(16-25)40-20-39-27/h4-14,16,21,26H,15,17-20H2,1-3H3,(H,32,36)/t26-/m0/s1. The topological polar surface area (TPSA) is 105 Å². The zero-order valence-corrected chi connectivity index (χ0v) is 24.8. The third-order valence-electron chi connectivity index (χ3n) is 6.55. The molecule has 1 aliphatic heterocycles. The molecular formula is C30H34ClN3O6S. The smallest absolute Gasteiger partial charge is 0.244 e. The van der Waals surface area contributed by atoms with E-state index in [0.717, 1.165) is 21.7 Å². The summed E-state index contributed by atoms with van der Waals surface area (Å²) in [5.74, 6) is 0.213. The summed E-state index contributed by atoms with van der Waals surface area (Å²) in [4.78, 5) is 29.2. The lowest BCUT2D eigenvalue weighted by atomic mass is 10.0. The molecule has 0 aliphatic carbocycles. The second-order valence-electron chi connectivity index (χ2n) is 10.3. The molecule has 0 bridgehead atoms. The average molecular weight is 600 g/mol. The highest BCUT2D eigenvalue weighted by Gasteiger charge is 2.33. The number of hydrogen-bond acceptors (Lipinski definition) is 6. The van der Waals surface area contributed by atoms with Crippen molar-refractivity contribution in [1.29, 1.82) is 0 Å². The van der Waals surface area contributed by atoms with Crippen LogP contribution in [-0.4, -0.2) is 57.3 Å². The Morgan fingerprint density at radius 1 is 0.951 bits per heavy atom. The molecule has 1 N–H and O–H groups in total. The maximum atomic E-state index is 14.1. The molecule has 3 aromatic rings. The van der Waals surface area contributed by atoms with Crippen molar-refractivity contribution in [1.82, 2.24) is 10.2 Å². The summed E-state index contributed by atoms with van der Waals surface area (Å²) in [7, 11) is -3.90. The summed E-state index contributed by atoms with van der Waals surface area (Å²) >= 11 is 6.09. The second kappa shape index (κ2) is 13.3. The monoisotopic (exact) mass is 599 g/mol. The van der Waals surface area contributed by atoms with Crippen molar-refractivity contribution in [3.8, 4) is 11.5 Å². The number of nitrogens with zero attached hydrogens (tertiary/aromatic N) is 2. The van der Waals surface area contributed by atoms with Gasteiger partial charge in [0.25, 0.3) is 0 Å². The molecule has 3 aromatic carbocycles. The third-order valence-corrected chi connectivity index (χ3v) is 7.94. The zero-order valence-electron chi connectivity index (χ0n) is 23.2. The minimum Gasteiger partial charge on any atom is -0.454 e. The molecule has 0 saturated heterocycles. The van der Waals surface area contributed by atoms with E-state index in [2.05, 4.69) is 5.32 Å². The number of carbonyl (C=O) groups excluding carboxylic acids is 2. The molecule has 1 atom stereocenters. The summed E-state index contributed by atoms with van der Waals surface area (Å²) < 4.78 is 37.7. The summed E-state index contributed by atoms with van der Waals surface area (Å²) in [5, 5.41) is 3.50. The molecule has 0 aromatic heterocycles. The molecule has 218 valence electrons. The number of ether oxygens (including phenoxy) is 2. The van der Waals surface area contributed by atoms with Gasteiger partial charge in [-0.1, -0.05) is 67.9 Å². The molecule has 11 heteroatoms. The number of carbonyl (C=O) groups is 2. The van der Waals surface area contributed by atoms with Gasteiger partial charge >= 0.3 is 0 Å². The highest BCUT2D eigenvalue weighted by molar-refractivity contribution is 7.92. The minimum atomic E-state index is -3.90. The van der Waals surface area contributed by atoms with Crippen LogP contribution in [0.25, 0.3) is 0 Å². The molecule has 2 amide bonds. The van der Waals surface area contributed by atoms with E-state index < -0.39 is 28.5 Å². The van der Waals surface area contributed by atoms with Gasteiger partial charge in [0, 0.05) is 30.6 Å². The number of hydrogen-bond donors (Lipinski definition) is 1. The van der Waals surface area contributed by atoms with Crippen molar-refractivity contribution in [3.63, 3.8) is 0 Å². The van der Waals surface area contributed by atoms with Crippen LogP contribution in [0.1, 0.15) is 25.0 Å². The van der Waals surface area contributed by atoms with Gasteiger partial charge in [0.15, 0.2) is 11.5 Å². The first-order valence-electron chi connectivity index (χ1n) is 13.2. The van der Waals surface area contributed by atoms with Crippen molar-refractivity contribution in [2.24, 2.45) is 5.92 Å². The van der Waals surface area contributed by atoms with Crippen LogP contribution in [0.5, 0.6) is 11.5 Å². The molecule has 0 fully saturated rings. The van der Waals surface area contributed by atoms with Crippen LogP contribution in [0.3, 0.4) is 0 Å². The first-order chi connectivity index (χ1) is 19.5. The van der Waals surface area contributed by atoms with Gasteiger partial charge in [0.1, 0.15) is 12.6 Å². The van der Waals surface area contributed by atoms with Crippen LogP contribution in [0.4, 0.5) is 5.69 Å². The van der Waals surface area contributed by atoms with Crippen molar-refractivity contribution in [2.75, 3.05) is 30.4 Å². The Morgan fingerprint density at radius 3 is 2.29 bits per heavy atom. The molecule has 0 unspecified atom stereocenters. The van der Waals surface area contributed by atoms with E-state index in [1.165, 1.54) is 11.0 Å². The van der Waals surface area contributed by atoms with Crippen molar-refractivity contribution in [2.45, 2.75) is 32.9 Å². The van der Waals surface area contributed by atoms with Gasteiger partial charge in [-0.2, -0.15) is 0 Å². The van der Waals surface area contributed by atoms with Crippen LogP contribution >= 0.6 is 11.6 Å². The lowest BCUT2D eigenvalue weighted by molar-refractivity contribution is -0.140. The Morgan fingerprint density at radius 2 is 1.63 bits per heavy atom. The highest BCUT2D eigenvalue weighted by Crippen LogP contribution is 2.36. The SMILES string of the molecule is CC(C)CNC(=O)[C@H](Cc1ccccc1)N(Cc1ccc(Cl)cc1)C(=O)CN(c1ccc2c(c1)OCO2)S(C)(=O)=O. The Balaban J connectivity index is 1.71. The fraction of sp³-hybridized carbons (Fsp3) is 0.333. The van der Waals surface area contributed by atoms with Gasteiger partial charge in [-0.15, -0.1) is 0 Å². The summed E-state index contributed by atoms with van der Waals surface area (Å²) in [6.45, 7) is 3.98. The lowest BCUT2D eigenvalue weighted by Crippen LogP contribution is -2.53. The second-order valence-corrected chi connectivity index (χ2v) is 12.6. The molecule has 1 heterocycles. The highest BCUT2D eigenvalue weighted by atomic mass is 35.5. The van der Waals surface area contributed by atoms with E-state index in [4.69, 9.17) is 21.1 Å². The van der Waals surface area contributed by atoms with Crippen LogP contribution in [-0.2, 0) is 32.6 Å². The number of fused-ring (bicyclic) bond motifs is 1. The predicted octanol–water partition coefficient (Wildman–Crippen LogP) is 4.25. The molecule has 4 rings (SSSR count). The number of amides is 2. The van der Waals surface area contributed by atoms with Gasteiger partial charge in [0.2, 0.25) is 28.6 Å². The van der Waals surface area contributed by atoms with Gasteiger partial charge in [-0.05, 0) is 41.3 Å². The fourth-order valence-electron chi connectivity index (χ4n) is 4.42. The van der Waals surface area contributed by atoms with Crippen LogP contribution < -0.4 is 19.1 Å². The molecule has 41 heavy (non-hydrogen) atoms. The Kier molecular flexibility index (Phi) is 9.77. The van der Waals surface area contributed by atoms with E-state index in [-0.39, 0.29) is 37.3 Å². The van der Waals surface area contributed by atoms with Crippen molar-refractivity contribution < 1.29 is 27.5 Å². The first kappa shape index (κ1) is 30.2. The van der Waals surface area contributed by atoms with E-state index in [1.54, 1.807) is 36.4 Å². The molecular weight excluding hydrogens is 566 g/mol. The van der Waals surface area contributed by atoms with Gasteiger partial charge in [0.05, 0.1) is 11.9 Å². The number of halogens is 1. The van der Waals surface area contributed by atoms with Gasteiger partial charge in [-0.25, -0.2) is 8.42 Å². The molecule has 0 saturated carbocycles. The zero-order chi connectivity index (χ0) is 29.6. The summed E-state index contributed by atoms with van der Waals surface area (Å²) in [6.07, 6.45) is 1.28. The number of benzene rings is 3. The molecule has 0 radical (unpaired) electrons. The molecule has 0 spiro atoms. The number of rotatable bonds is 12. The predicted molar refractivity (Wildman–Crippen MR) is 159 cm³/mol. The average Bonchev–Trinajstić information content (AvgIpc) is 3.41. The van der Waals surface area contributed by atoms with E-state index in [9.17, 15) is 18.0 Å². The normalized spacial score (nSPS) is 13.1. The maximum absolute atomic E-state index is 14.1. The number of anilines is 1. The lowest BCUT2D eigenvalue weighted by Gasteiger charge is -2.33. The van der Waals surface area contributed by atoms with Gasteiger partial charge in [-0.3, -0.25) is 13.9 Å². The summed E-state index contributed by atoms with van der Waals surface area (Å²) in [5.41, 5.74) is 1.86. The van der Waals surface area contributed by atoms with Gasteiger partial charge < -0.3 is 19.7 Å². The first-order valence-corrected chi connectivity index (χ1v) is 15.5. The Labute approximate surface area is 246 Å². The number of sulfonamides is 1. The molecule has 1 aliphatic rings. The fourth-order valence-corrected chi connectivity index (χ4v) is 5.38.